The molecule has 0 N–H and O–H groups in total. The first-order chi connectivity index (χ1) is 12.9. The van der Waals surface area contributed by atoms with Crippen molar-refractivity contribution in [1.82, 2.24) is 0 Å². The molecule has 27 heavy (non-hydrogen) atoms. The van der Waals surface area contributed by atoms with Crippen LogP contribution in [-0.2, 0) is 15.3 Å². The molecule has 0 unspecified atom stereocenters. The Labute approximate surface area is 178 Å². The maximum absolute atomic E-state index is 12.2. The molecule has 0 radical (unpaired) electrons. The van der Waals surface area contributed by atoms with E-state index in [0.717, 1.165) is 27.3 Å². The highest BCUT2D eigenvalue weighted by Gasteiger charge is 2.22. The number of rotatable bonds is 4. The van der Waals surface area contributed by atoms with E-state index in [0.29, 0.717) is 26.7 Å². The highest BCUT2D eigenvalue weighted by molar-refractivity contribution is 9.10. The van der Waals surface area contributed by atoms with Crippen LogP contribution in [0.15, 0.2) is 57.6 Å². The van der Waals surface area contributed by atoms with E-state index >= 15 is 0 Å². The minimum atomic E-state index is -0.392. The number of ether oxygens (including phenoxy) is 1. The Morgan fingerprint density at radius 2 is 2.04 bits per heavy atom. The maximum atomic E-state index is 12.2. The van der Waals surface area contributed by atoms with Gasteiger partial charge in [-0.1, -0.05) is 41.6 Å². The Morgan fingerprint density at radius 1 is 1.30 bits per heavy atom. The standard InChI is InChI=1S/C19H13BrClNO3S2/c1-11(23)25-17-7-4-13(8-15(17)20)9-16-18(24)27-19(22-16)26-10-12-2-5-14(21)6-3-12/h2-9H,10H2,1H3/b16-9+. The first-order valence-electron chi connectivity index (χ1n) is 7.78. The molecule has 0 fully saturated rings. The Morgan fingerprint density at radius 3 is 2.70 bits per heavy atom. The molecule has 3 rings (SSSR count). The fourth-order valence-corrected chi connectivity index (χ4v) is 4.58. The molecule has 138 valence electrons. The highest BCUT2D eigenvalue weighted by Crippen LogP contribution is 2.34. The number of nitrogens with zero attached hydrogens (tertiary/aromatic N) is 1. The largest absolute Gasteiger partial charge is 0.426 e. The van der Waals surface area contributed by atoms with Crippen molar-refractivity contribution in [3.8, 4) is 5.75 Å². The van der Waals surface area contributed by atoms with Crippen molar-refractivity contribution >= 4 is 72.6 Å². The summed E-state index contributed by atoms with van der Waals surface area (Å²) in [5, 5.41) is 0.608. The van der Waals surface area contributed by atoms with Crippen molar-refractivity contribution in [2.24, 2.45) is 4.99 Å². The summed E-state index contributed by atoms with van der Waals surface area (Å²) in [5.74, 6) is 0.752. The van der Waals surface area contributed by atoms with E-state index in [4.69, 9.17) is 16.3 Å². The normalized spacial score (nSPS) is 15.1. The smallest absolute Gasteiger partial charge is 0.308 e. The Kier molecular flexibility index (Phi) is 6.81. The Hall–Kier alpha value is -1.54. The number of aliphatic imine (C=N–C) groups is 1. The number of benzene rings is 2. The number of hydrogen-bond acceptors (Lipinski definition) is 6. The van der Waals surface area contributed by atoms with Crippen LogP contribution in [0, 0.1) is 0 Å². The summed E-state index contributed by atoms with van der Waals surface area (Å²) in [4.78, 5) is 27.7. The first kappa shape index (κ1) is 20.2. The van der Waals surface area contributed by atoms with Crippen molar-refractivity contribution in [3.05, 3.63) is 68.8 Å². The maximum Gasteiger partial charge on any atom is 0.308 e. The molecule has 2 aromatic rings. The monoisotopic (exact) mass is 481 g/mol. The lowest BCUT2D eigenvalue weighted by Gasteiger charge is -2.04. The number of carbonyl (C=O) groups is 2. The number of thioether (sulfide) groups is 2. The van der Waals surface area contributed by atoms with Gasteiger partial charge in [0.15, 0.2) is 0 Å². The van der Waals surface area contributed by atoms with Crippen LogP contribution in [-0.4, -0.2) is 15.5 Å². The molecule has 2 aromatic carbocycles. The average Bonchev–Trinajstić information content (AvgIpc) is 2.96. The molecule has 1 heterocycles. The molecule has 0 saturated heterocycles. The second-order valence-electron chi connectivity index (χ2n) is 5.50. The van der Waals surface area contributed by atoms with Crippen molar-refractivity contribution in [3.63, 3.8) is 0 Å². The molecule has 0 atom stereocenters. The molecule has 0 amide bonds. The molecule has 0 saturated carbocycles. The molecule has 1 aliphatic rings. The third-order valence-corrected chi connectivity index (χ3v) is 6.34. The summed E-state index contributed by atoms with van der Waals surface area (Å²) in [6.07, 6.45) is 1.72. The van der Waals surface area contributed by atoms with Gasteiger partial charge in [-0.05, 0) is 69.2 Å². The molecule has 0 spiro atoms. The molecular weight excluding hydrogens is 470 g/mol. The quantitative estimate of drug-likeness (QED) is 0.307. The molecule has 4 nitrogen and oxygen atoms in total. The first-order valence-corrected chi connectivity index (χ1v) is 10.8. The van der Waals surface area contributed by atoms with Gasteiger partial charge in [0.2, 0.25) is 5.12 Å². The van der Waals surface area contributed by atoms with Gasteiger partial charge in [0, 0.05) is 17.7 Å². The fraction of sp³-hybridized carbons (Fsp3) is 0.105. The molecule has 8 heteroatoms. The second kappa shape index (κ2) is 9.10. The SMILES string of the molecule is CC(=O)Oc1ccc(/C=C2/N=C(SCc3ccc(Cl)cc3)SC2=O)cc1Br. The number of halogens is 2. The molecule has 1 aliphatic heterocycles. The van der Waals surface area contributed by atoms with Gasteiger partial charge < -0.3 is 4.74 Å². The lowest BCUT2D eigenvalue weighted by atomic mass is 10.2. The molecule has 0 aromatic heterocycles. The summed E-state index contributed by atoms with van der Waals surface area (Å²) in [6, 6.07) is 12.8. The van der Waals surface area contributed by atoms with Gasteiger partial charge in [0.05, 0.1) is 4.47 Å². The van der Waals surface area contributed by atoms with E-state index in [-0.39, 0.29) is 5.12 Å². The number of esters is 1. The van der Waals surface area contributed by atoms with Crippen LogP contribution in [0.3, 0.4) is 0 Å². The molecule has 0 aliphatic carbocycles. The molecular formula is C19H13BrClNO3S2. The summed E-state index contributed by atoms with van der Waals surface area (Å²) in [6.45, 7) is 1.34. The van der Waals surface area contributed by atoms with E-state index in [2.05, 4.69) is 20.9 Å². The van der Waals surface area contributed by atoms with Crippen LogP contribution in [0.5, 0.6) is 5.75 Å². The minimum absolute atomic E-state index is 0.0891. The van der Waals surface area contributed by atoms with Gasteiger partial charge in [-0.2, -0.15) is 0 Å². The number of hydrogen-bond donors (Lipinski definition) is 0. The lowest BCUT2D eigenvalue weighted by Crippen LogP contribution is -2.01. The van der Waals surface area contributed by atoms with Gasteiger partial charge in [-0.3, -0.25) is 9.59 Å². The summed E-state index contributed by atoms with van der Waals surface area (Å²) in [7, 11) is 0. The van der Waals surface area contributed by atoms with Gasteiger partial charge >= 0.3 is 5.97 Å². The van der Waals surface area contributed by atoms with Crippen LogP contribution >= 0.6 is 51.1 Å². The summed E-state index contributed by atoms with van der Waals surface area (Å²) < 4.78 is 6.42. The predicted molar refractivity (Wildman–Crippen MR) is 116 cm³/mol. The Bertz CT molecular complexity index is 958. The van der Waals surface area contributed by atoms with Crippen molar-refractivity contribution in [2.45, 2.75) is 12.7 Å². The van der Waals surface area contributed by atoms with Crippen LogP contribution in [0.2, 0.25) is 5.02 Å². The van der Waals surface area contributed by atoms with Crippen molar-refractivity contribution in [2.75, 3.05) is 0 Å². The Balaban J connectivity index is 1.70. The van der Waals surface area contributed by atoms with E-state index < -0.39 is 5.97 Å². The fourth-order valence-electron chi connectivity index (χ4n) is 2.18. The zero-order valence-electron chi connectivity index (χ0n) is 14.1. The van der Waals surface area contributed by atoms with E-state index in [1.807, 2.05) is 24.3 Å². The summed E-state index contributed by atoms with van der Waals surface area (Å²) in [5.41, 5.74) is 2.29. The van der Waals surface area contributed by atoms with Crippen LogP contribution < -0.4 is 4.74 Å². The highest BCUT2D eigenvalue weighted by atomic mass is 79.9. The third-order valence-electron chi connectivity index (χ3n) is 3.39. The van der Waals surface area contributed by atoms with Gasteiger partial charge in [0.1, 0.15) is 15.8 Å². The minimum Gasteiger partial charge on any atom is -0.426 e. The topological polar surface area (TPSA) is 55.7 Å². The number of carbonyl (C=O) groups excluding carboxylic acids is 2. The van der Waals surface area contributed by atoms with Crippen molar-refractivity contribution < 1.29 is 14.3 Å². The van der Waals surface area contributed by atoms with Crippen LogP contribution in [0.1, 0.15) is 18.1 Å². The summed E-state index contributed by atoms with van der Waals surface area (Å²) >= 11 is 11.9. The zero-order chi connectivity index (χ0) is 19.4. The third kappa shape index (κ3) is 5.72. The van der Waals surface area contributed by atoms with Crippen molar-refractivity contribution in [1.29, 1.82) is 0 Å². The lowest BCUT2D eigenvalue weighted by molar-refractivity contribution is -0.131. The average molecular weight is 483 g/mol. The van der Waals surface area contributed by atoms with Gasteiger partial charge in [0.25, 0.3) is 0 Å². The van der Waals surface area contributed by atoms with Gasteiger partial charge in [-0.15, -0.1) is 0 Å². The van der Waals surface area contributed by atoms with E-state index in [1.54, 1.807) is 24.3 Å². The van der Waals surface area contributed by atoms with Crippen LogP contribution in [0.25, 0.3) is 6.08 Å². The van der Waals surface area contributed by atoms with Gasteiger partial charge in [-0.25, -0.2) is 4.99 Å². The molecule has 0 bridgehead atoms. The second-order valence-corrected chi connectivity index (χ2v) is 8.97. The predicted octanol–water partition coefficient (Wildman–Crippen LogP) is 5.93. The van der Waals surface area contributed by atoms with E-state index in [1.165, 1.54) is 18.7 Å². The van der Waals surface area contributed by atoms with Crippen LogP contribution in [0.4, 0.5) is 0 Å². The zero-order valence-corrected chi connectivity index (χ0v) is 18.0. The van der Waals surface area contributed by atoms with E-state index in [9.17, 15) is 9.59 Å².